The number of thioether (sulfide) groups is 1. The fourth-order valence-electron chi connectivity index (χ4n) is 4.37. The number of anilines is 2. The number of aryl methyl sites for hydroxylation is 1. The molecule has 0 radical (unpaired) electrons. The van der Waals surface area contributed by atoms with Crippen LogP contribution >= 0.6 is 23.4 Å². The molecule has 0 aromatic heterocycles. The Balaban J connectivity index is 1.29. The van der Waals surface area contributed by atoms with Gasteiger partial charge in [-0.2, -0.15) is 0 Å². The largest absolute Gasteiger partial charge is 0.325 e. The summed E-state index contributed by atoms with van der Waals surface area (Å²) in [7, 11) is 0. The van der Waals surface area contributed by atoms with Gasteiger partial charge in [0.2, 0.25) is 5.91 Å². The molecule has 5 aromatic carbocycles. The molecule has 0 saturated carbocycles. The van der Waals surface area contributed by atoms with Gasteiger partial charge in [0.1, 0.15) is 5.70 Å². The second kappa shape index (κ2) is 13.9. The summed E-state index contributed by atoms with van der Waals surface area (Å²) in [6.07, 6.45) is 1.68. The summed E-state index contributed by atoms with van der Waals surface area (Å²) in [6.45, 7) is 1.90. The van der Waals surface area contributed by atoms with Crippen molar-refractivity contribution in [2.24, 2.45) is 0 Å². The minimum Gasteiger partial charge on any atom is -0.325 e. The van der Waals surface area contributed by atoms with Crippen LogP contribution in [-0.2, 0) is 9.59 Å². The minimum absolute atomic E-state index is 0.108. The van der Waals surface area contributed by atoms with Crippen LogP contribution in [0.4, 0.5) is 11.4 Å². The fourth-order valence-corrected chi connectivity index (χ4v) is 5.24. The number of hydrogen-bond donors (Lipinski definition) is 3. The summed E-state index contributed by atoms with van der Waals surface area (Å²) in [5.41, 5.74) is 3.51. The van der Waals surface area contributed by atoms with Gasteiger partial charge in [-0.3, -0.25) is 14.4 Å². The topological polar surface area (TPSA) is 87.3 Å². The number of halogens is 1. The van der Waals surface area contributed by atoms with Crippen molar-refractivity contribution in [1.29, 1.82) is 0 Å². The lowest BCUT2D eigenvalue weighted by Gasteiger charge is -2.13. The quantitative estimate of drug-likeness (QED) is 0.118. The van der Waals surface area contributed by atoms with E-state index in [0.29, 0.717) is 22.0 Å². The first-order chi connectivity index (χ1) is 20.9. The highest BCUT2D eigenvalue weighted by molar-refractivity contribution is 8.00. The second-order valence-corrected chi connectivity index (χ2v) is 11.2. The SMILES string of the molecule is Cc1ccc(Cl)cc1NC(=O)CSc1ccc(NC(=O)/C(=C/c2cccc3ccccc23)NC(=O)c2ccccc2)cc1. The molecule has 5 rings (SSSR count). The molecule has 0 bridgehead atoms. The highest BCUT2D eigenvalue weighted by atomic mass is 35.5. The minimum atomic E-state index is -0.464. The summed E-state index contributed by atoms with van der Waals surface area (Å²) in [6, 6.07) is 34.9. The average Bonchev–Trinajstić information content (AvgIpc) is 3.02. The Hall–Kier alpha value is -4.85. The van der Waals surface area contributed by atoms with E-state index in [4.69, 9.17) is 11.6 Å². The van der Waals surface area contributed by atoms with Gasteiger partial charge in [-0.05, 0) is 83.4 Å². The highest BCUT2D eigenvalue weighted by Gasteiger charge is 2.16. The van der Waals surface area contributed by atoms with Crippen LogP contribution in [0.2, 0.25) is 5.02 Å². The van der Waals surface area contributed by atoms with Crippen LogP contribution in [0.15, 0.2) is 126 Å². The number of nitrogens with one attached hydrogen (secondary N) is 3. The molecule has 0 spiro atoms. The molecule has 0 aliphatic rings. The number of rotatable bonds is 9. The van der Waals surface area contributed by atoms with Crippen molar-refractivity contribution in [1.82, 2.24) is 5.32 Å². The lowest BCUT2D eigenvalue weighted by atomic mass is 10.0. The Kier molecular flexibility index (Phi) is 9.56. The van der Waals surface area contributed by atoms with Gasteiger partial charge in [-0.25, -0.2) is 0 Å². The standard InChI is InChI=1S/C35H28ClN3O3S/c1-23-14-15-27(36)21-31(23)38-33(40)22-43-29-18-16-28(17-19-29)37-35(42)32(39-34(41)25-9-3-2-4-10-25)20-26-12-7-11-24-8-5-6-13-30(24)26/h2-21H,22H2,1H3,(H,37,42)(H,38,40)(H,39,41)/b32-20-. The van der Waals surface area contributed by atoms with E-state index in [2.05, 4.69) is 16.0 Å². The molecule has 0 heterocycles. The predicted molar refractivity (Wildman–Crippen MR) is 176 cm³/mol. The van der Waals surface area contributed by atoms with Gasteiger partial charge in [0.05, 0.1) is 5.75 Å². The molecule has 3 N–H and O–H groups in total. The zero-order valence-corrected chi connectivity index (χ0v) is 24.8. The van der Waals surface area contributed by atoms with Crippen molar-refractivity contribution in [3.8, 4) is 0 Å². The van der Waals surface area contributed by atoms with Gasteiger partial charge < -0.3 is 16.0 Å². The third-order valence-corrected chi connectivity index (χ3v) is 7.85. The summed E-state index contributed by atoms with van der Waals surface area (Å²) < 4.78 is 0. The van der Waals surface area contributed by atoms with Crippen molar-refractivity contribution in [2.75, 3.05) is 16.4 Å². The van der Waals surface area contributed by atoms with Crippen LogP contribution in [0.5, 0.6) is 0 Å². The molecule has 214 valence electrons. The smallest absolute Gasteiger partial charge is 0.272 e. The summed E-state index contributed by atoms with van der Waals surface area (Å²) in [4.78, 5) is 39.8. The molecule has 3 amide bonds. The van der Waals surface area contributed by atoms with Crippen molar-refractivity contribution in [2.45, 2.75) is 11.8 Å². The Bertz CT molecular complexity index is 1820. The molecular weight excluding hydrogens is 578 g/mol. The van der Waals surface area contributed by atoms with E-state index in [1.807, 2.05) is 73.7 Å². The molecule has 0 aliphatic heterocycles. The van der Waals surface area contributed by atoms with Gasteiger partial charge in [0, 0.05) is 26.9 Å². The van der Waals surface area contributed by atoms with Gasteiger partial charge in [-0.1, -0.05) is 78.3 Å². The van der Waals surface area contributed by atoms with Crippen LogP contribution in [-0.4, -0.2) is 23.5 Å². The molecule has 0 aliphatic carbocycles. The van der Waals surface area contributed by atoms with Gasteiger partial charge in [0.25, 0.3) is 11.8 Å². The molecule has 43 heavy (non-hydrogen) atoms. The van der Waals surface area contributed by atoms with Crippen LogP contribution < -0.4 is 16.0 Å². The van der Waals surface area contributed by atoms with E-state index in [-0.39, 0.29) is 23.3 Å². The van der Waals surface area contributed by atoms with E-state index < -0.39 is 5.91 Å². The second-order valence-electron chi connectivity index (χ2n) is 9.72. The van der Waals surface area contributed by atoms with Crippen molar-refractivity contribution in [3.05, 3.63) is 143 Å². The van der Waals surface area contributed by atoms with Crippen molar-refractivity contribution in [3.63, 3.8) is 0 Å². The van der Waals surface area contributed by atoms with Crippen LogP contribution in [0, 0.1) is 6.92 Å². The van der Waals surface area contributed by atoms with E-state index in [9.17, 15) is 14.4 Å². The predicted octanol–water partition coefficient (Wildman–Crippen LogP) is 7.94. The zero-order valence-electron chi connectivity index (χ0n) is 23.3. The molecule has 6 nitrogen and oxygen atoms in total. The van der Waals surface area contributed by atoms with Crippen molar-refractivity contribution < 1.29 is 14.4 Å². The maximum atomic E-state index is 13.5. The number of hydrogen-bond acceptors (Lipinski definition) is 4. The summed E-state index contributed by atoms with van der Waals surface area (Å²) in [5, 5.41) is 11.1. The van der Waals surface area contributed by atoms with Crippen LogP contribution in [0.3, 0.4) is 0 Å². The third-order valence-electron chi connectivity index (χ3n) is 6.61. The molecule has 0 saturated heterocycles. The molecule has 0 atom stereocenters. The fraction of sp³-hybridized carbons (Fsp3) is 0.0571. The lowest BCUT2D eigenvalue weighted by Crippen LogP contribution is -2.30. The summed E-state index contributed by atoms with van der Waals surface area (Å²) in [5.74, 6) is -0.791. The Morgan fingerprint density at radius 1 is 0.791 bits per heavy atom. The van der Waals surface area contributed by atoms with E-state index in [1.165, 1.54) is 11.8 Å². The molecule has 5 aromatic rings. The number of benzene rings is 5. The van der Waals surface area contributed by atoms with E-state index >= 15 is 0 Å². The Morgan fingerprint density at radius 2 is 1.51 bits per heavy atom. The molecule has 0 fully saturated rings. The Morgan fingerprint density at radius 3 is 2.30 bits per heavy atom. The first-order valence-electron chi connectivity index (χ1n) is 13.5. The normalized spacial score (nSPS) is 11.2. The molecule has 8 heteroatoms. The van der Waals surface area contributed by atoms with Gasteiger partial charge in [-0.15, -0.1) is 11.8 Å². The molecule has 0 unspecified atom stereocenters. The number of carbonyl (C=O) groups is 3. The third kappa shape index (κ3) is 7.92. The van der Waals surface area contributed by atoms with Crippen LogP contribution in [0.25, 0.3) is 16.8 Å². The van der Waals surface area contributed by atoms with E-state index in [0.717, 1.165) is 26.8 Å². The van der Waals surface area contributed by atoms with Crippen molar-refractivity contribution >= 4 is 69.3 Å². The zero-order chi connectivity index (χ0) is 30.2. The highest BCUT2D eigenvalue weighted by Crippen LogP contribution is 2.24. The average molecular weight is 606 g/mol. The van der Waals surface area contributed by atoms with Gasteiger partial charge >= 0.3 is 0 Å². The Labute approximate surface area is 259 Å². The van der Waals surface area contributed by atoms with Crippen LogP contribution in [0.1, 0.15) is 21.5 Å². The summed E-state index contributed by atoms with van der Waals surface area (Å²) >= 11 is 7.42. The number of carbonyl (C=O) groups excluding carboxylic acids is 3. The first-order valence-corrected chi connectivity index (χ1v) is 14.9. The maximum absolute atomic E-state index is 13.5. The van der Waals surface area contributed by atoms with E-state index in [1.54, 1.807) is 54.6 Å². The lowest BCUT2D eigenvalue weighted by molar-refractivity contribution is -0.114. The monoisotopic (exact) mass is 605 g/mol. The number of fused-ring (bicyclic) bond motifs is 1. The maximum Gasteiger partial charge on any atom is 0.272 e. The molecular formula is C35H28ClN3O3S. The van der Waals surface area contributed by atoms with Gasteiger partial charge in [0.15, 0.2) is 0 Å². The first kappa shape index (κ1) is 29.6. The number of amides is 3.